The predicted octanol–water partition coefficient (Wildman–Crippen LogP) is 4.73. The highest BCUT2D eigenvalue weighted by Crippen LogP contribution is 2.28. The zero-order chi connectivity index (χ0) is 17.3. The standard InChI is InChI=1S/C20H26N2OS/c1-13-7-5-10-17-14(2)11-18(21-20(13)17)24-12-19(23)22-15(3)8-6-9-16(22)4/h5,7,10-11,15-16H,6,8-9,12H2,1-4H3/t15-,16+. The van der Waals surface area contributed by atoms with Crippen LogP contribution in [0.1, 0.15) is 44.2 Å². The Morgan fingerprint density at radius 3 is 2.62 bits per heavy atom. The molecule has 3 rings (SSSR count). The summed E-state index contributed by atoms with van der Waals surface area (Å²) in [5.74, 6) is 0.711. The highest BCUT2D eigenvalue weighted by Gasteiger charge is 2.28. The number of thioether (sulfide) groups is 1. The first-order valence-corrected chi connectivity index (χ1v) is 9.77. The van der Waals surface area contributed by atoms with E-state index in [1.54, 1.807) is 11.8 Å². The molecule has 0 bridgehead atoms. The summed E-state index contributed by atoms with van der Waals surface area (Å²) in [7, 11) is 0. The van der Waals surface area contributed by atoms with E-state index in [0.29, 0.717) is 17.8 Å². The summed E-state index contributed by atoms with van der Waals surface area (Å²) in [5, 5.41) is 2.14. The highest BCUT2D eigenvalue weighted by atomic mass is 32.2. The number of benzene rings is 1. The van der Waals surface area contributed by atoms with Gasteiger partial charge in [0.25, 0.3) is 0 Å². The molecule has 4 heteroatoms. The van der Waals surface area contributed by atoms with Crippen LogP contribution in [0, 0.1) is 13.8 Å². The fourth-order valence-corrected chi connectivity index (χ4v) is 4.56. The van der Waals surface area contributed by atoms with Crippen LogP contribution in [0.25, 0.3) is 10.9 Å². The fourth-order valence-electron chi connectivity index (χ4n) is 3.73. The smallest absolute Gasteiger partial charge is 0.233 e. The van der Waals surface area contributed by atoms with Gasteiger partial charge in [-0.15, -0.1) is 0 Å². The number of aryl methyl sites for hydroxylation is 2. The molecular weight excluding hydrogens is 316 g/mol. The number of hydrogen-bond donors (Lipinski definition) is 0. The highest BCUT2D eigenvalue weighted by molar-refractivity contribution is 7.99. The third-order valence-corrected chi connectivity index (χ3v) is 5.95. The maximum atomic E-state index is 12.7. The lowest BCUT2D eigenvalue weighted by molar-refractivity contribution is -0.134. The minimum Gasteiger partial charge on any atom is -0.337 e. The van der Waals surface area contributed by atoms with E-state index in [2.05, 4.69) is 56.9 Å². The van der Waals surface area contributed by atoms with Gasteiger partial charge in [0, 0.05) is 17.5 Å². The third-order valence-electron chi connectivity index (χ3n) is 5.05. The minimum atomic E-state index is 0.240. The van der Waals surface area contributed by atoms with Crippen LogP contribution in [-0.4, -0.2) is 33.6 Å². The van der Waals surface area contributed by atoms with Gasteiger partial charge in [0.2, 0.25) is 5.91 Å². The molecule has 0 unspecified atom stereocenters. The molecule has 2 heterocycles. The van der Waals surface area contributed by atoms with E-state index in [1.165, 1.54) is 22.9 Å². The lowest BCUT2D eigenvalue weighted by Gasteiger charge is -2.39. The molecule has 0 spiro atoms. The van der Waals surface area contributed by atoms with E-state index >= 15 is 0 Å². The molecule has 128 valence electrons. The summed E-state index contributed by atoms with van der Waals surface area (Å²) in [6.07, 6.45) is 3.46. The van der Waals surface area contributed by atoms with Crippen LogP contribution < -0.4 is 0 Å². The number of likely N-dealkylation sites (tertiary alicyclic amines) is 1. The van der Waals surface area contributed by atoms with Crippen LogP contribution in [0.4, 0.5) is 0 Å². The minimum absolute atomic E-state index is 0.240. The van der Waals surface area contributed by atoms with Gasteiger partial charge >= 0.3 is 0 Å². The molecule has 2 atom stereocenters. The molecular formula is C20H26N2OS. The number of aromatic nitrogens is 1. The first kappa shape index (κ1) is 17.3. The molecule has 1 amide bonds. The second kappa shape index (κ2) is 7.14. The van der Waals surface area contributed by atoms with E-state index in [-0.39, 0.29) is 5.91 Å². The Morgan fingerprint density at radius 2 is 1.92 bits per heavy atom. The molecule has 1 aliphatic heterocycles. The van der Waals surface area contributed by atoms with E-state index in [4.69, 9.17) is 4.98 Å². The first-order valence-electron chi connectivity index (χ1n) is 8.78. The molecule has 0 radical (unpaired) electrons. The second-order valence-electron chi connectivity index (χ2n) is 6.97. The number of carbonyl (C=O) groups is 1. The van der Waals surface area contributed by atoms with Crippen molar-refractivity contribution < 1.29 is 4.79 Å². The van der Waals surface area contributed by atoms with Gasteiger partial charge in [-0.25, -0.2) is 4.98 Å². The Bertz CT molecular complexity index is 749. The molecule has 2 aromatic rings. The van der Waals surface area contributed by atoms with Gasteiger partial charge in [0.05, 0.1) is 16.3 Å². The lowest BCUT2D eigenvalue weighted by Crippen LogP contribution is -2.48. The number of hydrogen-bond acceptors (Lipinski definition) is 3. The Kier molecular flexibility index (Phi) is 5.14. The van der Waals surface area contributed by atoms with Crippen molar-refractivity contribution in [1.82, 2.24) is 9.88 Å². The average molecular weight is 343 g/mol. The van der Waals surface area contributed by atoms with Gasteiger partial charge < -0.3 is 4.90 Å². The summed E-state index contributed by atoms with van der Waals surface area (Å²) < 4.78 is 0. The van der Waals surface area contributed by atoms with Gasteiger partial charge in [0.15, 0.2) is 0 Å². The Labute approximate surface area is 148 Å². The summed E-state index contributed by atoms with van der Waals surface area (Å²) >= 11 is 1.56. The van der Waals surface area contributed by atoms with Crippen LogP contribution in [0.3, 0.4) is 0 Å². The number of fused-ring (bicyclic) bond motifs is 1. The number of pyridine rings is 1. The second-order valence-corrected chi connectivity index (χ2v) is 7.96. The number of para-hydroxylation sites is 1. The Balaban J connectivity index is 1.76. The van der Waals surface area contributed by atoms with Crippen LogP contribution in [0.2, 0.25) is 0 Å². The van der Waals surface area contributed by atoms with Crippen molar-refractivity contribution in [2.45, 2.75) is 64.1 Å². The molecule has 1 aliphatic rings. The molecule has 0 saturated carbocycles. The summed E-state index contributed by atoms with van der Waals surface area (Å²) in [5.41, 5.74) is 3.45. The molecule has 0 N–H and O–H groups in total. The van der Waals surface area contributed by atoms with Gasteiger partial charge in [-0.1, -0.05) is 30.0 Å². The molecule has 1 aromatic carbocycles. The summed E-state index contributed by atoms with van der Waals surface area (Å²) in [6.45, 7) is 8.54. The van der Waals surface area contributed by atoms with Gasteiger partial charge in [-0.2, -0.15) is 0 Å². The third kappa shape index (κ3) is 3.44. The fraction of sp³-hybridized carbons (Fsp3) is 0.500. The van der Waals surface area contributed by atoms with Crippen molar-refractivity contribution in [1.29, 1.82) is 0 Å². The zero-order valence-corrected chi connectivity index (χ0v) is 15.8. The summed E-state index contributed by atoms with van der Waals surface area (Å²) in [4.78, 5) is 19.5. The van der Waals surface area contributed by atoms with Crippen molar-refractivity contribution in [3.63, 3.8) is 0 Å². The number of carbonyl (C=O) groups excluding carboxylic acids is 1. The van der Waals surface area contributed by atoms with Crippen molar-refractivity contribution >= 4 is 28.6 Å². The van der Waals surface area contributed by atoms with E-state index < -0.39 is 0 Å². The molecule has 3 nitrogen and oxygen atoms in total. The van der Waals surface area contributed by atoms with Crippen LogP contribution in [0.15, 0.2) is 29.3 Å². The maximum absolute atomic E-state index is 12.7. The van der Waals surface area contributed by atoms with Gasteiger partial charge in [0.1, 0.15) is 0 Å². The van der Waals surface area contributed by atoms with Gasteiger partial charge in [-0.05, 0) is 64.2 Å². The average Bonchev–Trinajstić information content (AvgIpc) is 2.54. The monoisotopic (exact) mass is 342 g/mol. The Morgan fingerprint density at radius 1 is 1.21 bits per heavy atom. The molecule has 1 fully saturated rings. The van der Waals surface area contributed by atoms with Crippen molar-refractivity contribution in [3.05, 3.63) is 35.4 Å². The van der Waals surface area contributed by atoms with E-state index in [1.807, 2.05) is 0 Å². The van der Waals surface area contributed by atoms with E-state index in [9.17, 15) is 4.79 Å². The summed E-state index contributed by atoms with van der Waals surface area (Å²) in [6, 6.07) is 9.09. The van der Waals surface area contributed by atoms with Crippen LogP contribution in [-0.2, 0) is 4.79 Å². The number of nitrogens with zero attached hydrogens (tertiary/aromatic N) is 2. The van der Waals surface area contributed by atoms with Crippen molar-refractivity contribution in [3.8, 4) is 0 Å². The number of amides is 1. The van der Waals surface area contributed by atoms with E-state index in [0.717, 1.165) is 23.4 Å². The normalized spacial score (nSPS) is 21.2. The molecule has 1 aromatic heterocycles. The number of rotatable bonds is 3. The topological polar surface area (TPSA) is 33.2 Å². The molecule has 24 heavy (non-hydrogen) atoms. The molecule has 1 saturated heterocycles. The van der Waals surface area contributed by atoms with Crippen molar-refractivity contribution in [2.24, 2.45) is 0 Å². The maximum Gasteiger partial charge on any atom is 0.233 e. The van der Waals surface area contributed by atoms with Gasteiger partial charge in [-0.3, -0.25) is 4.79 Å². The largest absolute Gasteiger partial charge is 0.337 e. The van der Waals surface area contributed by atoms with Crippen LogP contribution >= 0.6 is 11.8 Å². The van der Waals surface area contributed by atoms with Crippen LogP contribution in [0.5, 0.6) is 0 Å². The Hall–Kier alpha value is -1.55. The first-order chi connectivity index (χ1) is 11.5. The predicted molar refractivity (Wildman–Crippen MR) is 102 cm³/mol. The molecule has 0 aliphatic carbocycles. The zero-order valence-electron chi connectivity index (χ0n) is 15.0. The quantitative estimate of drug-likeness (QED) is 0.756. The SMILES string of the molecule is Cc1cc(SCC(=O)N2[C@H](C)CCC[C@@H]2C)nc2c(C)cccc12. The lowest BCUT2D eigenvalue weighted by atomic mass is 9.98. The number of piperidine rings is 1. The van der Waals surface area contributed by atoms with Crippen molar-refractivity contribution in [2.75, 3.05) is 5.75 Å².